The normalized spacial score (nSPS) is 11.8. The second-order valence-electron chi connectivity index (χ2n) is 4.57. The summed E-state index contributed by atoms with van der Waals surface area (Å²) in [6, 6.07) is 6.16. The summed E-state index contributed by atoms with van der Waals surface area (Å²) in [6.07, 6.45) is 0. The van der Waals surface area contributed by atoms with Crippen LogP contribution in [0.15, 0.2) is 23.6 Å². The van der Waals surface area contributed by atoms with Gasteiger partial charge in [0.15, 0.2) is 0 Å². The molecule has 2 heterocycles. The first-order valence-electron chi connectivity index (χ1n) is 5.62. The second-order valence-corrected chi connectivity index (χ2v) is 5.52. The zero-order chi connectivity index (χ0) is 12.5. The van der Waals surface area contributed by atoms with E-state index in [1.165, 1.54) is 4.88 Å². The minimum absolute atomic E-state index is 0.210. The van der Waals surface area contributed by atoms with Crippen molar-refractivity contribution in [1.29, 1.82) is 0 Å². The fourth-order valence-electron chi connectivity index (χ4n) is 1.51. The van der Waals surface area contributed by atoms with E-state index in [9.17, 15) is 0 Å². The molecule has 0 fully saturated rings. The molecule has 0 saturated heterocycles. The van der Waals surface area contributed by atoms with E-state index in [2.05, 4.69) is 40.6 Å². The Morgan fingerprint density at radius 2 is 2.06 bits per heavy atom. The van der Waals surface area contributed by atoms with Crippen LogP contribution in [0.25, 0.3) is 10.6 Å². The summed E-state index contributed by atoms with van der Waals surface area (Å²) in [4.78, 5) is 10.4. The van der Waals surface area contributed by atoms with E-state index in [0.717, 1.165) is 17.2 Å². The molecule has 1 N–H and O–H groups in total. The van der Waals surface area contributed by atoms with Gasteiger partial charge in [-0.2, -0.15) is 0 Å². The van der Waals surface area contributed by atoms with Gasteiger partial charge in [0.05, 0.1) is 16.1 Å². The minimum atomic E-state index is -0.210. The first kappa shape index (κ1) is 12.2. The summed E-state index contributed by atoms with van der Waals surface area (Å²) in [6.45, 7) is 6.17. The summed E-state index contributed by atoms with van der Waals surface area (Å²) < 4.78 is 0. The molecule has 0 aromatic carbocycles. The van der Waals surface area contributed by atoms with Crippen molar-refractivity contribution >= 4 is 11.3 Å². The van der Waals surface area contributed by atoms with Crippen molar-refractivity contribution in [2.75, 3.05) is 7.05 Å². The molecule has 0 aliphatic heterocycles. The average Bonchev–Trinajstić information content (AvgIpc) is 2.81. The van der Waals surface area contributed by atoms with Crippen molar-refractivity contribution in [3.63, 3.8) is 0 Å². The fourth-order valence-corrected chi connectivity index (χ4v) is 2.20. The van der Waals surface area contributed by atoms with Gasteiger partial charge in [-0.05, 0) is 45.3 Å². The summed E-state index contributed by atoms with van der Waals surface area (Å²) >= 11 is 1.70. The van der Waals surface area contributed by atoms with Crippen molar-refractivity contribution in [2.24, 2.45) is 0 Å². The highest BCUT2D eigenvalue weighted by Gasteiger charge is 2.22. The van der Waals surface area contributed by atoms with E-state index in [0.29, 0.717) is 0 Å². The number of thiophene rings is 1. The molecule has 0 spiro atoms. The molecule has 17 heavy (non-hydrogen) atoms. The maximum Gasteiger partial charge on any atom is 0.148 e. The smallest absolute Gasteiger partial charge is 0.148 e. The Hall–Kier alpha value is -1.26. The third-order valence-corrected chi connectivity index (χ3v) is 3.70. The van der Waals surface area contributed by atoms with Gasteiger partial charge in [0.25, 0.3) is 0 Å². The van der Waals surface area contributed by atoms with Crippen LogP contribution < -0.4 is 5.32 Å². The summed E-state index contributed by atoms with van der Waals surface area (Å²) in [5, 5.41) is 5.30. The first-order chi connectivity index (χ1) is 8.03. The molecule has 4 heteroatoms. The Morgan fingerprint density at radius 3 is 2.65 bits per heavy atom. The molecule has 2 aromatic rings. The molecule has 0 unspecified atom stereocenters. The highest BCUT2D eigenvalue weighted by atomic mass is 32.1. The standard InChI is InChI=1S/C13H17N3S/c1-9-8-10(11-6-5-7-17-11)16-12(15-9)13(2,3)14-4/h5-8,14H,1-4H3. The van der Waals surface area contributed by atoms with Crippen LogP contribution >= 0.6 is 11.3 Å². The largest absolute Gasteiger partial charge is 0.308 e. The van der Waals surface area contributed by atoms with E-state index in [4.69, 9.17) is 0 Å². The molecule has 3 nitrogen and oxygen atoms in total. The van der Waals surface area contributed by atoms with Crippen LogP contribution in [0.4, 0.5) is 0 Å². The predicted octanol–water partition coefficient (Wildman–Crippen LogP) is 2.97. The van der Waals surface area contributed by atoms with Crippen LogP contribution in [0.3, 0.4) is 0 Å². The topological polar surface area (TPSA) is 37.8 Å². The zero-order valence-corrected chi connectivity index (χ0v) is 11.4. The lowest BCUT2D eigenvalue weighted by Gasteiger charge is -2.22. The molecular weight excluding hydrogens is 230 g/mol. The monoisotopic (exact) mass is 247 g/mol. The van der Waals surface area contributed by atoms with E-state index >= 15 is 0 Å². The number of aryl methyl sites for hydroxylation is 1. The van der Waals surface area contributed by atoms with Crippen LogP contribution in [0, 0.1) is 6.92 Å². The van der Waals surface area contributed by atoms with Gasteiger partial charge in [-0.25, -0.2) is 9.97 Å². The summed E-state index contributed by atoms with van der Waals surface area (Å²) in [5.74, 6) is 0.836. The molecule has 0 amide bonds. The lowest BCUT2D eigenvalue weighted by atomic mass is 10.0. The Morgan fingerprint density at radius 1 is 1.29 bits per heavy atom. The van der Waals surface area contributed by atoms with Crippen molar-refractivity contribution in [1.82, 2.24) is 15.3 Å². The Bertz CT molecular complexity index is 503. The number of rotatable bonds is 3. The molecule has 0 aliphatic rings. The quantitative estimate of drug-likeness (QED) is 0.906. The second kappa shape index (κ2) is 4.55. The number of nitrogens with one attached hydrogen (secondary N) is 1. The van der Waals surface area contributed by atoms with Crippen molar-refractivity contribution < 1.29 is 0 Å². The van der Waals surface area contributed by atoms with Gasteiger partial charge in [0.1, 0.15) is 5.82 Å². The van der Waals surface area contributed by atoms with Crippen molar-refractivity contribution in [3.8, 4) is 10.6 Å². The molecular formula is C13H17N3S. The number of aromatic nitrogens is 2. The molecule has 0 atom stereocenters. The van der Waals surface area contributed by atoms with Crippen LogP contribution in [0.1, 0.15) is 25.4 Å². The molecule has 0 aliphatic carbocycles. The van der Waals surface area contributed by atoms with Gasteiger partial charge in [-0.3, -0.25) is 0 Å². The van der Waals surface area contributed by atoms with Gasteiger partial charge in [-0.1, -0.05) is 6.07 Å². The van der Waals surface area contributed by atoms with E-state index in [1.807, 2.05) is 26.1 Å². The molecule has 2 rings (SSSR count). The van der Waals surface area contributed by atoms with E-state index in [-0.39, 0.29) is 5.54 Å². The highest BCUT2D eigenvalue weighted by molar-refractivity contribution is 7.13. The van der Waals surface area contributed by atoms with Crippen LogP contribution in [0.2, 0.25) is 0 Å². The third kappa shape index (κ3) is 2.53. The third-order valence-electron chi connectivity index (χ3n) is 2.81. The van der Waals surface area contributed by atoms with Gasteiger partial charge in [0.2, 0.25) is 0 Å². The lowest BCUT2D eigenvalue weighted by Crippen LogP contribution is -2.35. The fraction of sp³-hybridized carbons (Fsp3) is 0.385. The van der Waals surface area contributed by atoms with Crippen molar-refractivity contribution in [3.05, 3.63) is 35.1 Å². The SMILES string of the molecule is CNC(C)(C)c1nc(C)cc(-c2cccs2)n1. The van der Waals surface area contributed by atoms with E-state index < -0.39 is 0 Å². The Balaban J connectivity index is 2.50. The van der Waals surface area contributed by atoms with Gasteiger partial charge in [-0.15, -0.1) is 11.3 Å². The predicted molar refractivity (Wildman–Crippen MR) is 72.2 cm³/mol. The summed E-state index contributed by atoms with van der Waals surface area (Å²) in [7, 11) is 1.93. The summed E-state index contributed by atoms with van der Waals surface area (Å²) in [5.41, 5.74) is 1.80. The minimum Gasteiger partial charge on any atom is -0.308 e. The maximum absolute atomic E-state index is 4.66. The van der Waals surface area contributed by atoms with Crippen LogP contribution in [-0.2, 0) is 5.54 Å². The zero-order valence-electron chi connectivity index (χ0n) is 10.6. The first-order valence-corrected chi connectivity index (χ1v) is 6.50. The molecule has 0 saturated carbocycles. The number of hydrogen-bond donors (Lipinski definition) is 1. The molecule has 0 radical (unpaired) electrons. The van der Waals surface area contributed by atoms with Gasteiger partial charge >= 0.3 is 0 Å². The Kier molecular flexibility index (Phi) is 3.26. The molecule has 90 valence electrons. The van der Waals surface area contributed by atoms with Gasteiger partial charge < -0.3 is 5.32 Å². The van der Waals surface area contributed by atoms with Crippen LogP contribution in [-0.4, -0.2) is 17.0 Å². The van der Waals surface area contributed by atoms with Crippen LogP contribution in [0.5, 0.6) is 0 Å². The van der Waals surface area contributed by atoms with Gasteiger partial charge in [0, 0.05) is 5.69 Å². The Labute approximate surface area is 106 Å². The molecule has 0 bridgehead atoms. The maximum atomic E-state index is 4.66. The average molecular weight is 247 g/mol. The van der Waals surface area contributed by atoms with Crippen molar-refractivity contribution in [2.45, 2.75) is 26.3 Å². The highest BCUT2D eigenvalue weighted by Crippen LogP contribution is 2.25. The van der Waals surface area contributed by atoms with E-state index in [1.54, 1.807) is 11.3 Å². The number of nitrogens with zero attached hydrogens (tertiary/aromatic N) is 2. The lowest BCUT2D eigenvalue weighted by molar-refractivity contribution is 0.416. The number of hydrogen-bond acceptors (Lipinski definition) is 4. The molecule has 2 aromatic heterocycles.